The Morgan fingerprint density at radius 3 is 2.86 bits per heavy atom. The van der Waals surface area contributed by atoms with Crippen LogP contribution in [0, 0.1) is 0 Å². The molecule has 0 saturated heterocycles. The minimum absolute atomic E-state index is 0.125. The van der Waals surface area contributed by atoms with Crippen LogP contribution in [0.25, 0.3) is 10.9 Å². The van der Waals surface area contributed by atoms with E-state index in [1.54, 1.807) is 12.3 Å². The summed E-state index contributed by atoms with van der Waals surface area (Å²) in [6.07, 6.45) is 6.04. The summed E-state index contributed by atoms with van der Waals surface area (Å²) in [6.45, 7) is 0. The van der Waals surface area contributed by atoms with Crippen molar-refractivity contribution in [3.63, 3.8) is 0 Å². The van der Waals surface area contributed by atoms with Crippen molar-refractivity contribution >= 4 is 16.8 Å². The van der Waals surface area contributed by atoms with Crippen molar-refractivity contribution in [1.82, 2.24) is 10.3 Å². The number of pyridine rings is 1. The highest BCUT2D eigenvalue weighted by Crippen LogP contribution is 2.20. The molecule has 0 aliphatic heterocycles. The molecule has 4 nitrogen and oxygen atoms in total. The minimum Gasteiger partial charge on any atom is -0.391 e. The molecule has 2 aromatic rings. The lowest BCUT2D eigenvalue weighted by atomic mass is 10.0. The van der Waals surface area contributed by atoms with Crippen LogP contribution >= 0.6 is 0 Å². The van der Waals surface area contributed by atoms with Gasteiger partial charge in [0.25, 0.3) is 5.91 Å². The Balaban J connectivity index is 1.83. The number of amides is 1. The number of carbonyl (C=O) groups excluding carboxylic acids is 1. The van der Waals surface area contributed by atoms with Crippen molar-refractivity contribution in [3.8, 4) is 0 Å². The van der Waals surface area contributed by atoms with Crippen molar-refractivity contribution < 1.29 is 9.90 Å². The van der Waals surface area contributed by atoms with Gasteiger partial charge < -0.3 is 10.4 Å². The molecule has 2 unspecified atom stereocenters. The van der Waals surface area contributed by atoms with Crippen LogP contribution < -0.4 is 5.32 Å². The van der Waals surface area contributed by atoms with E-state index in [1.807, 2.05) is 24.3 Å². The molecule has 1 fully saturated rings. The Bertz CT molecular complexity index is 636. The summed E-state index contributed by atoms with van der Waals surface area (Å²) in [5.74, 6) is -0.125. The van der Waals surface area contributed by atoms with Crippen LogP contribution in [-0.4, -0.2) is 28.1 Å². The molecule has 1 aromatic carbocycles. The average molecular weight is 284 g/mol. The van der Waals surface area contributed by atoms with E-state index in [4.69, 9.17) is 0 Å². The molecule has 1 aliphatic carbocycles. The standard InChI is InChI=1S/C17H20N2O2/c20-16-9-3-1-2-8-15(16)19-17(21)13-10-11-18-14-7-5-4-6-12(13)14/h4-7,10-11,15-16,20H,1-3,8-9H2,(H,19,21). The summed E-state index contributed by atoms with van der Waals surface area (Å²) in [7, 11) is 0. The van der Waals surface area contributed by atoms with Crippen LogP contribution in [-0.2, 0) is 0 Å². The minimum atomic E-state index is -0.440. The van der Waals surface area contributed by atoms with Crippen molar-refractivity contribution in [2.75, 3.05) is 0 Å². The maximum absolute atomic E-state index is 12.5. The summed E-state index contributed by atoms with van der Waals surface area (Å²) in [6, 6.07) is 9.20. The monoisotopic (exact) mass is 284 g/mol. The quantitative estimate of drug-likeness (QED) is 0.833. The number of benzene rings is 1. The molecule has 2 N–H and O–H groups in total. The van der Waals surface area contributed by atoms with E-state index in [2.05, 4.69) is 10.3 Å². The first kappa shape index (κ1) is 14.0. The van der Waals surface area contributed by atoms with E-state index in [9.17, 15) is 9.90 Å². The maximum atomic E-state index is 12.5. The average Bonchev–Trinajstić information content (AvgIpc) is 2.71. The fourth-order valence-corrected chi connectivity index (χ4v) is 3.00. The second-order valence-electron chi connectivity index (χ2n) is 5.66. The SMILES string of the molecule is O=C(NC1CCCCCC1O)c1ccnc2ccccc12. The molecule has 21 heavy (non-hydrogen) atoms. The van der Waals surface area contributed by atoms with Crippen LogP contribution in [0.2, 0.25) is 0 Å². The number of fused-ring (bicyclic) bond motifs is 1. The summed E-state index contributed by atoms with van der Waals surface area (Å²) < 4.78 is 0. The molecule has 1 aliphatic rings. The van der Waals surface area contributed by atoms with Gasteiger partial charge in [-0.15, -0.1) is 0 Å². The molecule has 1 aromatic heterocycles. The van der Waals surface area contributed by atoms with Gasteiger partial charge in [0, 0.05) is 11.6 Å². The number of nitrogens with zero attached hydrogens (tertiary/aromatic N) is 1. The molecule has 0 spiro atoms. The van der Waals surface area contributed by atoms with Gasteiger partial charge in [-0.2, -0.15) is 0 Å². The van der Waals surface area contributed by atoms with Gasteiger partial charge in [0.15, 0.2) is 0 Å². The molecular weight excluding hydrogens is 264 g/mol. The predicted molar refractivity (Wildman–Crippen MR) is 82.1 cm³/mol. The van der Waals surface area contributed by atoms with Gasteiger partial charge in [-0.1, -0.05) is 37.5 Å². The fourth-order valence-electron chi connectivity index (χ4n) is 3.00. The van der Waals surface area contributed by atoms with Gasteiger partial charge >= 0.3 is 0 Å². The van der Waals surface area contributed by atoms with Crippen molar-refractivity contribution in [3.05, 3.63) is 42.1 Å². The van der Waals surface area contributed by atoms with E-state index in [1.165, 1.54) is 0 Å². The lowest BCUT2D eigenvalue weighted by molar-refractivity contribution is 0.0820. The maximum Gasteiger partial charge on any atom is 0.252 e. The van der Waals surface area contributed by atoms with Crippen molar-refractivity contribution in [1.29, 1.82) is 0 Å². The zero-order chi connectivity index (χ0) is 14.7. The van der Waals surface area contributed by atoms with Crippen molar-refractivity contribution in [2.24, 2.45) is 0 Å². The van der Waals surface area contributed by atoms with Gasteiger partial charge in [0.2, 0.25) is 0 Å². The lowest BCUT2D eigenvalue weighted by Crippen LogP contribution is -2.42. The summed E-state index contributed by atoms with van der Waals surface area (Å²) in [5.41, 5.74) is 1.43. The normalized spacial score (nSPS) is 22.7. The lowest BCUT2D eigenvalue weighted by Gasteiger charge is -2.22. The van der Waals surface area contributed by atoms with E-state index in [0.717, 1.165) is 43.0 Å². The van der Waals surface area contributed by atoms with E-state index >= 15 is 0 Å². The molecular formula is C17H20N2O2. The Morgan fingerprint density at radius 2 is 1.95 bits per heavy atom. The second-order valence-corrected chi connectivity index (χ2v) is 5.66. The first-order valence-corrected chi connectivity index (χ1v) is 7.58. The molecule has 1 amide bonds. The molecule has 0 radical (unpaired) electrons. The first-order chi connectivity index (χ1) is 10.3. The molecule has 2 atom stereocenters. The highest BCUT2D eigenvalue weighted by molar-refractivity contribution is 6.06. The number of aliphatic hydroxyl groups excluding tert-OH is 1. The van der Waals surface area contributed by atoms with Gasteiger partial charge in [0.1, 0.15) is 0 Å². The van der Waals surface area contributed by atoms with Crippen molar-refractivity contribution in [2.45, 2.75) is 44.2 Å². The topological polar surface area (TPSA) is 62.2 Å². The third kappa shape index (κ3) is 3.05. The molecule has 4 heteroatoms. The second kappa shape index (κ2) is 6.22. The largest absolute Gasteiger partial charge is 0.391 e. The molecule has 110 valence electrons. The van der Waals surface area contributed by atoms with Gasteiger partial charge in [-0.25, -0.2) is 0 Å². The highest BCUT2D eigenvalue weighted by atomic mass is 16.3. The van der Waals surface area contributed by atoms with E-state index < -0.39 is 6.10 Å². The van der Waals surface area contributed by atoms with Crippen LogP contribution in [0.3, 0.4) is 0 Å². The smallest absolute Gasteiger partial charge is 0.252 e. The molecule has 0 bridgehead atoms. The number of carbonyl (C=O) groups is 1. The van der Waals surface area contributed by atoms with Gasteiger partial charge in [-0.05, 0) is 25.0 Å². The zero-order valence-electron chi connectivity index (χ0n) is 12.0. The van der Waals surface area contributed by atoms with Gasteiger partial charge in [-0.3, -0.25) is 9.78 Å². The number of aliphatic hydroxyl groups is 1. The number of hydrogen-bond donors (Lipinski definition) is 2. The number of rotatable bonds is 2. The van der Waals surface area contributed by atoms with Crippen LogP contribution in [0.15, 0.2) is 36.5 Å². The van der Waals surface area contributed by atoms with Crippen LogP contribution in [0.4, 0.5) is 0 Å². The summed E-state index contributed by atoms with van der Waals surface area (Å²) in [4.78, 5) is 16.8. The van der Waals surface area contributed by atoms with E-state index in [0.29, 0.717) is 5.56 Å². The highest BCUT2D eigenvalue weighted by Gasteiger charge is 2.24. The first-order valence-electron chi connectivity index (χ1n) is 7.58. The Hall–Kier alpha value is -1.94. The third-order valence-electron chi connectivity index (χ3n) is 4.19. The molecule has 1 heterocycles. The fraction of sp³-hybridized carbons (Fsp3) is 0.412. The Labute approximate surface area is 124 Å². The summed E-state index contributed by atoms with van der Waals surface area (Å²) in [5, 5.41) is 14.0. The van der Waals surface area contributed by atoms with Crippen LogP contribution in [0.1, 0.15) is 42.5 Å². The number of hydrogen-bond acceptors (Lipinski definition) is 3. The number of aromatic nitrogens is 1. The number of nitrogens with one attached hydrogen (secondary N) is 1. The third-order valence-corrected chi connectivity index (χ3v) is 4.19. The Kier molecular flexibility index (Phi) is 4.15. The molecule has 3 rings (SSSR count). The summed E-state index contributed by atoms with van der Waals surface area (Å²) >= 11 is 0. The van der Waals surface area contributed by atoms with E-state index in [-0.39, 0.29) is 11.9 Å². The molecule has 1 saturated carbocycles. The van der Waals surface area contributed by atoms with Gasteiger partial charge in [0.05, 0.1) is 23.2 Å². The Morgan fingerprint density at radius 1 is 1.14 bits per heavy atom. The zero-order valence-corrected chi connectivity index (χ0v) is 12.0. The number of para-hydroxylation sites is 1. The predicted octanol–water partition coefficient (Wildman–Crippen LogP) is 2.66. The van der Waals surface area contributed by atoms with Crippen LogP contribution in [0.5, 0.6) is 0 Å².